The molecule has 0 amide bonds. The molecular formula is C59H108NO7P. The second kappa shape index (κ2) is 55.9. The molecule has 0 fully saturated rings. The number of phosphoric ester groups is 1. The molecule has 0 aromatic rings. The van der Waals surface area contributed by atoms with Crippen molar-refractivity contribution >= 4 is 13.8 Å². The summed E-state index contributed by atoms with van der Waals surface area (Å²) in [6, 6.07) is 0. The van der Waals surface area contributed by atoms with E-state index >= 15 is 0 Å². The van der Waals surface area contributed by atoms with E-state index in [9.17, 15) is 14.3 Å². The zero-order chi connectivity index (χ0) is 49.4. The number of hydrogen-bond acceptors (Lipinski definition) is 7. The Kier molecular flexibility index (Phi) is 54.2. The zero-order valence-electron chi connectivity index (χ0n) is 44.3. The molecule has 0 bridgehead atoms. The van der Waals surface area contributed by atoms with E-state index in [2.05, 4.69) is 86.8 Å². The number of esters is 1. The van der Waals surface area contributed by atoms with Crippen LogP contribution in [0.4, 0.5) is 0 Å². The summed E-state index contributed by atoms with van der Waals surface area (Å²) in [5.41, 5.74) is 5.40. The Balaban J connectivity index is 3.89. The summed E-state index contributed by atoms with van der Waals surface area (Å²) in [7, 11) is -4.29. The largest absolute Gasteiger partial charge is 0.472 e. The van der Waals surface area contributed by atoms with Gasteiger partial charge in [0.1, 0.15) is 6.10 Å². The molecule has 0 spiro atoms. The van der Waals surface area contributed by atoms with Gasteiger partial charge in [-0.05, 0) is 83.5 Å². The summed E-state index contributed by atoms with van der Waals surface area (Å²) < 4.78 is 33.7. The Labute approximate surface area is 420 Å². The topological polar surface area (TPSA) is 117 Å². The van der Waals surface area contributed by atoms with E-state index in [0.717, 1.165) is 64.2 Å². The van der Waals surface area contributed by atoms with Crippen molar-refractivity contribution in [3.8, 4) is 0 Å². The third kappa shape index (κ3) is 54.9. The Morgan fingerprint density at radius 1 is 0.456 bits per heavy atom. The summed E-state index contributed by atoms with van der Waals surface area (Å²) >= 11 is 0. The average Bonchev–Trinajstić information content (AvgIpc) is 3.33. The van der Waals surface area contributed by atoms with E-state index in [1.165, 1.54) is 173 Å². The minimum Gasteiger partial charge on any atom is -0.457 e. The van der Waals surface area contributed by atoms with Crippen LogP contribution in [0.3, 0.4) is 0 Å². The summed E-state index contributed by atoms with van der Waals surface area (Å²) in [6.07, 6.45) is 72.4. The van der Waals surface area contributed by atoms with Crippen LogP contribution in [0.15, 0.2) is 72.9 Å². The van der Waals surface area contributed by atoms with Gasteiger partial charge in [0.25, 0.3) is 0 Å². The van der Waals surface area contributed by atoms with Crippen LogP contribution in [0.5, 0.6) is 0 Å². The van der Waals surface area contributed by atoms with Crippen molar-refractivity contribution in [3.05, 3.63) is 72.9 Å². The molecule has 0 saturated heterocycles. The van der Waals surface area contributed by atoms with Gasteiger partial charge < -0.3 is 20.1 Å². The number of carbonyl (C=O) groups excluding carboxylic acids is 1. The first-order chi connectivity index (χ1) is 33.4. The Morgan fingerprint density at radius 2 is 0.824 bits per heavy atom. The van der Waals surface area contributed by atoms with Gasteiger partial charge in [-0.15, -0.1) is 0 Å². The molecule has 2 unspecified atom stereocenters. The minimum atomic E-state index is -4.29. The van der Waals surface area contributed by atoms with Crippen LogP contribution in [0.2, 0.25) is 0 Å². The molecule has 2 atom stereocenters. The van der Waals surface area contributed by atoms with E-state index in [0.29, 0.717) is 13.0 Å². The molecule has 396 valence electrons. The highest BCUT2D eigenvalue weighted by atomic mass is 31.2. The zero-order valence-corrected chi connectivity index (χ0v) is 45.2. The highest BCUT2D eigenvalue weighted by Crippen LogP contribution is 2.43. The van der Waals surface area contributed by atoms with E-state index in [-0.39, 0.29) is 32.3 Å². The van der Waals surface area contributed by atoms with Gasteiger partial charge in [-0.1, -0.05) is 241 Å². The maximum Gasteiger partial charge on any atom is 0.472 e. The SMILES string of the molecule is CC/C=C\C/C=C\C/C=C\C/C=C\CCCCCCCCCCCCC(=O)OC(COCCCCCCCCCCCCCCCC/C=C\C/C=C\CCCCCCC)COP(=O)(O)OCCN. The summed E-state index contributed by atoms with van der Waals surface area (Å²) in [5.74, 6) is -0.334. The van der Waals surface area contributed by atoms with Gasteiger partial charge >= 0.3 is 13.8 Å². The highest BCUT2D eigenvalue weighted by Gasteiger charge is 2.25. The third-order valence-electron chi connectivity index (χ3n) is 12.1. The smallest absolute Gasteiger partial charge is 0.457 e. The summed E-state index contributed by atoms with van der Waals surface area (Å²) in [5, 5.41) is 0. The highest BCUT2D eigenvalue weighted by molar-refractivity contribution is 7.47. The lowest BCUT2D eigenvalue weighted by Gasteiger charge is -2.20. The van der Waals surface area contributed by atoms with Crippen LogP contribution in [0, 0.1) is 0 Å². The van der Waals surface area contributed by atoms with Crippen LogP contribution in [0.25, 0.3) is 0 Å². The van der Waals surface area contributed by atoms with Gasteiger partial charge in [0.15, 0.2) is 0 Å². The maximum absolute atomic E-state index is 12.7. The van der Waals surface area contributed by atoms with Crippen molar-refractivity contribution in [2.45, 2.75) is 264 Å². The van der Waals surface area contributed by atoms with E-state index in [1.807, 2.05) is 0 Å². The molecule has 8 nitrogen and oxygen atoms in total. The van der Waals surface area contributed by atoms with Crippen molar-refractivity contribution in [1.82, 2.24) is 0 Å². The van der Waals surface area contributed by atoms with E-state index in [4.69, 9.17) is 24.3 Å². The van der Waals surface area contributed by atoms with Gasteiger partial charge in [-0.3, -0.25) is 13.8 Å². The Hall–Kier alpha value is -2.06. The van der Waals surface area contributed by atoms with Gasteiger partial charge in [-0.25, -0.2) is 4.57 Å². The van der Waals surface area contributed by atoms with Gasteiger partial charge in [0, 0.05) is 19.6 Å². The third-order valence-corrected chi connectivity index (χ3v) is 13.1. The summed E-state index contributed by atoms with van der Waals surface area (Å²) in [4.78, 5) is 22.7. The van der Waals surface area contributed by atoms with Crippen molar-refractivity contribution < 1.29 is 32.8 Å². The molecule has 0 rings (SSSR count). The lowest BCUT2D eigenvalue weighted by atomic mass is 10.0. The number of rotatable bonds is 54. The second-order valence-electron chi connectivity index (χ2n) is 18.8. The normalized spacial score (nSPS) is 13.8. The molecular weight excluding hydrogens is 866 g/mol. The predicted molar refractivity (Wildman–Crippen MR) is 293 cm³/mol. The monoisotopic (exact) mass is 974 g/mol. The molecule has 0 aromatic carbocycles. The van der Waals surface area contributed by atoms with E-state index < -0.39 is 13.9 Å². The Bertz CT molecular complexity index is 1280. The molecule has 0 aliphatic heterocycles. The predicted octanol–water partition coefficient (Wildman–Crippen LogP) is 18.2. The minimum absolute atomic E-state index is 0.0975. The fourth-order valence-electron chi connectivity index (χ4n) is 7.96. The number of phosphoric acid groups is 1. The average molecular weight is 974 g/mol. The molecule has 0 radical (unpaired) electrons. The van der Waals surface area contributed by atoms with Crippen molar-refractivity contribution in [3.63, 3.8) is 0 Å². The van der Waals surface area contributed by atoms with Gasteiger partial charge in [0.2, 0.25) is 0 Å². The molecule has 0 aliphatic carbocycles. The number of allylic oxidation sites excluding steroid dienone is 12. The van der Waals surface area contributed by atoms with Crippen LogP contribution >= 0.6 is 7.82 Å². The molecule has 3 N–H and O–H groups in total. The van der Waals surface area contributed by atoms with Gasteiger partial charge in [-0.2, -0.15) is 0 Å². The fourth-order valence-corrected chi connectivity index (χ4v) is 8.73. The standard InChI is InChI=1S/C59H108NO7P/c1-3-5-7-9-11-13-15-17-19-21-23-25-27-28-29-31-33-35-37-39-41-43-45-47-49-51-54-64-56-58(57-66-68(62,63)65-55-53-60)67-59(61)52-50-48-46-44-42-40-38-36-34-32-30-26-24-22-20-18-16-14-12-10-8-6-4-2/h6,8,12,14-15,17-18,20-21,23-24,26,58H,3-5,7,9-11,13,16,19,22,25,27-57,60H2,1-2H3,(H,62,63)/b8-6-,14-12-,17-15-,20-18-,23-21-,26-24-. The molecule has 0 heterocycles. The molecule has 0 aliphatic rings. The molecule has 0 aromatic heterocycles. The molecule has 68 heavy (non-hydrogen) atoms. The quantitative estimate of drug-likeness (QED) is 0.0268. The molecule has 9 heteroatoms. The number of ether oxygens (including phenoxy) is 2. The number of unbranched alkanes of at least 4 members (excludes halogenated alkanes) is 29. The molecule has 0 saturated carbocycles. The number of carbonyl (C=O) groups is 1. The first kappa shape index (κ1) is 65.9. The second-order valence-corrected chi connectivity index (χ2v) is 20.2. The van der Waals surface area contributed by atoms with E-state index in [1.54, 1.807) is 0 Å². The van der Waals surface area contributed by atoms with Crippen LogP contribution in [-0.2, 0) is 27.9 Å². The fraction of sp³-hybridized carbons (Fsp3) is 0.780. The maximum atomic E-state index is 12.7. The first-order valence-corrected chi connectivity index (χ1v) is 29.9. The van der Waals surface area contributed by atoms with Crippen molar-refractivity contribution in [2.24, 2.45) is 5.73 Å². The summed E-state index contributed by atoms with van der Waals surface area (Å²) in [6.45, 7) is 4.82. The van der Waals surface area contributed by atoms with Crippen LogP contribution < -0.4 is 5.73 Å². The van der Waals surface area contributed by atoms with Crippen molar-refractivity contribution in [1.29, 1.82) is 0 Å². The Morgan fingerprint density at radius 3 is 1.24 bits per heavy atom. The van der Waals surface area contributed by atoms with Gasteiger partial charge in [0.05, 0.1) is 19.8 Å². The van der Waals surface area contributed by atoms with Crippen LogP contribution in [0.1, 0.15) is 258 Å². The lowest BCUT2D eigenvalue weighted by Crippen LogP contribution is -2.28. The number of nitrogens with two attached hydrogens (primary N) is 1. The van der Waals surface area contributed by atoms with Crippen molar-refractivity contribution in [2.75, 3.05) is 33.0 Å². The van der Waals surface area contributed by atoms with Crippen LogP contribution in [-0.4, -0.2) is 49.9 Å². The lowest BCUT2D eigenvalue weighted by molar-refractivity contribution is -0.154. The first-order valence-electron chi connectivity index (χ1n) is 28.4. The number of hydrogen-bond donors (Lipinski definition) is 2.